The molecule has 0 spiro atoms. The summed E-state index contributed by atoms with van der Waals surface area (Å²) in [4.78, 5) is 57.1. The van der Waals surface area contributed by atoms with Crippen molar-refractivity contribution in [1.29, 1.82) is 0 Å². The zero-order chi connectivity index (χ0) is 33.1. The Hall–Kier alpha value is -2.70. The maximum atomic E-state index is 16.0. The quantitative estimate of drug-likeness (QED) is 0.163. The van der Waals surface area contributed by atoms with Crippen molar-refractivity contribution in [2.24, 2.45) is 0 Å². The first kappa shape index (κ1) is 31.6. The first-order chi connectivity index (χ1) is 22.2. The summed E-state index contributed by atoms with van der Waals surface area (Å²) < 4.78 is 74.7. The van der Waals surface area contributed by atoms with E-state index < -0.39 is 80.6 Å². The van der Waals surface area contributed by atoms with Crippen LogP contribution in [0.25, 0.3) is 22.3 Å². The number of aromatic nitrogens is 8. The Morgan fingerprint density at radius 2 is 1.66 bits per heavy atom. The fourth-order valence-corrected chi connectivity index (χ4v) is 8.80. The van der Waals surface area contributed by atoms with Gasteiger partial charge in [0.25, 0.3) is 5.56 Å². The summed E-state index contributed by atoms with van der Waals surface area (Å²) in [7, 11) is 0. The van der Waals surface area contributed by atoms with E-state index in [0.717, 1.165) is 10.9 Å². The van der Waals surface area contributed by atoms with Gasteiger partial charge in [-0.15, -0.1) is 0 Å². The Morgan fingerprint density at radius 3 is 2.45 bits per heavy atom. The zero-order valence-electron chi connectivity index (χ0n) is 23.2. The molecule has 0 saturated carbocycles. The van der Waals surface area contributed by atoms with Crippen LogP contribution in [0, 0.1) is 0 Å². The first-order valence-electron chi connectivity index (χ1n) is 13.5. The Morgan fingerprint density at radius 1 is 0.957 bits per heavy atom. The number of nitrogens with one attached hydrogen (secondary N) is 1. The van der Waals surface area contributed by atoms with Gasteiger partial charge in [0.05, 0.1) is 32.5 Å². The molecule has 20 nitrogen and oxygen atoms in total. The summed E-state index contributed by atoms with van der Waals surface area (Å²) in [5.41, 5.74) is 9.31. The molecular formula is C21H22F2N10O10P2S2. The van der Waals surface area contributed by atoms with Crippen LogP contribution in [-0.4, -0.2) is 105 Å². The molecule has 8 rings (SSSR count). The SMILES string of the molecule is Nc1nc2c(ncn2[C@@H]2O[C@@H]3COP(O)(=S)O[C@H]4[C@H]5OCC4(COP(O)(=S)O[C@@H]2C3(F)F)O[C@H]5n2cnc3c(N)ncnc32)c(=O)[nH]1. The van der Waals surface area contributed by atoms with E-state index in [1.54, 1.807) is 0 Å². The van der Waals surface area contributed by atoms with Crippen molar-refractivity contribution in [3.05, 3.63) is 29.3 Å². The molecule has 26 heteroatoms. The van der Waals surface area contributed by atoms with Gasteiger partial charge in [-0.1, -0.05) is 0 Å². The number of aromatic amines is 1. The number of nitrogens with two attached hydrogens (primary N) is 2. The lowest BCUT2D eigenvalue weighted by Gasteiger charge is -2.33. The molecule has 0 aliphatic carbocycles. The fourth-order valence-electron chi connectivity index (χ4n) is 5.95. The van der Waals surface area contributed by atoms with Crippen LogP contribution in [0.3, 0.4) is 0 Å². The monoisotopic (exact) mass is 738 g/mol. The zero-order valence-corrected chi connectivity index (χ0v) is 26.7. The number of hydrogen-bond donors (Lipinski definition) is 5. The fraction of sp³-hybridized carbons (Fsp3) is 0.524. The molecule has 4 aliphatic rings. The standard InChI is InChI=1S/C21H22F2N10O10P2S2/c22-21(23)7-1-38-44(35,46)42-11-10-17(32-5-28-8-13(24)26-4-27-14(8)32)41-20(11,2-37-10)3-39-45(36,47)43-12(21)18(40-7)33-6-29-9-15(33)30-19(25)31-16(9)34/h4-7,10-12,17-18H,1-3H2,(H,35,46)(H,36,47)(H2,24,26,27)(H3,25,30,31,34)/t7-,10-,11+,12+,17-,18-,20?,44?,45?/m1/s1. The van der Waals surface area contributed by atoms with Crippen LogP contribution in [0.5, 0.6) is 0 Å². The van der Waals surface area contributed by atoms with E-state index in [0.29, 0.717) is 0 Å². The van der Waals surface area contributed by atoms with Crippen LogP contribution in [-0.2, 0) is 55.9 Å². The number of nitrogen functional groups attached to an aromatic ring is 2. The molecule has 0 aromatic carbocycles. The van der Waals surface area contributed by atoms with Crippen molar-refractivity contribution >= 4 is 71.1 Å². The number of fused-ring (bicyclic) bond motifs is 4. The maximum absolute atomic E-state index is 16.0. The predicted octanol–water partition coefficient (Wildman–Crippen LogP) is -0.426. The number of nitrogens with zero attached hydrogens (tertiary/aromatic N) is 7. The van der Waals surface area contributed by atoms with E-state index in [1.165, 1.54) is 17.2 Å². The van der Waals surface area contributed by atoms with Crippen molar-refractivity contribution in [3.8, 4) is 0 Å². The first-order valence-corrected chi connectivity index (χ1v) is 18.7. The molecule has 0 radical (unpaired) electrons. The molecule has 4 aromatic heterocycles. The molecule has 47 heavy (non-hydrogen) atoms. The van der Waals surface area contributed by atoms with Gasteiger partial charge in [0.1, 0.15) is 29.7 Å². The summed E-state index contributed by atoms with van der Waals surface area (Å²) in [5, 5.41) is 0. The van der Waals surface area contributed by atoms with Crippen LogP contribution in [0.1, 0.15) is 12.5 Å². The van der Waals surface area contributed by atoms with Gasteiger partial charge in [0.2, 0.25) is 5.95 Å². The summed E-state index contributed by atoms with van der Waals surface area (Å²) in [6.07, 6.45) is -5.94. The molecular weight excluding hydrogens is 716 g/mol. The van der Waals surface area contributed by atoms with E-state index >= 15 is 8.78 Å². The number of halogens is 2. The van der Waals surface area contributed by atoms with Gasteiger partial charge in [-0.3, -0.25) is 28.0 Å². The lowest BCUT2D eigenvalue weighted by atomic mass is 10.0. The number of ether oxygens (including phenoxy) is 3. The van der Waals surface area contributed by atoms with Crippen LogP contribution in [0.15, 0.2) is 23.8 Å². The second-order valence-corrected chi connectivity index (χ2v) is 16.5. The van der Waals surface area contributed by atoms with Crippen LogP contribution < -0.4 is 17.0 Å². The van der Waals surface area contributed by atoms with Crippen molar-refractivity contribution in [3.63, 3.8) is 0 Å². The third-order valence-electron chi connectivity index (χ3n) is 8.09. The topological polar surface area (TPSA) is 264 Å². The average molecular weight is 739 g/mol. The summed E-state index contributed by atoms with van der Waals surface area (Å²) in [5.74, 6) is -4.18. The van der Waals surface area contributed by atoms with Gasteiger partial charge < -0.3 is 44.5 Å². The number of H-pyrrole nitrogens is 1. The maximum Gasteiger partial charge on any atom is 0.325 e. The number of hydrogen-bond acceptors (Lipinski definition) is 17. The largest absolute Gasteiger partial charge is 0.382 e. The van der Waals surface area contributed by atoms with Gasteiger partial charge in [0, 0.05) is 0 Å². The number of alkyl halides is 2. The third kappa shape index (κ3) is 5.02. The number of rotatable bonds is 2. The molecule has 4 fully saturated rings. The van der Waals surface area contributed by atoms with E-state index in [1.807, 2.05) is 0 Å². The molecule has 4 aliphatic heterocycles. The summed E-state index contributed by atoms with van der Waals surface area (Å²) in [6.45, 7) is -10.8. The van der Waals surface area contributed by atoms with Crippen molar-refractivity contribution in [2.75, 3.05) is 31.3 Å². The van der Waals surface area contributed by atoms with Crippen LogP contribution >= 0.6 is 13.4 Å². The lowest BCUT2D eigenvalue weighted by Crippen LogP contribution is -2.46. The van der Waals surface area contributed by atoms with E-state index in [-0.39, 0.29) is 40.7 Å². The number of imidazole rings is 2. The van der Waals surface area contributed by atoms with Crippen molar-refractivity contribution in [1.82, 2.24) is 39.0 Å². The highest BCUT2D eigenvalue weighted by atomic mass is 32.5. The van der Waals surface area contributed by atoms with E-state index in [2.05, 4.69) is 29.9 Å². The molecule has 252 valence electrons. The van der Waals surface area contributed by atoms with Gasteiger partial charge in [0.15, 0.2) is 47.3 Å². The second-order valence-electron chi connectivity index (χ2n) is 11.0. The molecule has 9 atom stereocenters. The van der Waals surface area contributed by atoms with Crippen molar-refractivity contribution in [2.45, 2.75) is 48.4 Å². The highest BCUT2D eigenvalue weighted by molar-refractivity contribution is 8.07. The highest BCUT2D eigenvalue weighted by Crippen LogP contribution is 2.60. The molecule has 8 heterocycles. The van der Waals surface area contributed by atoms with E-state index in [4.69, 9.17) is 67.4 Å². The average Bonchev–Trinajstić information content (AvgIpc) is 3.79. The van der Waals surface area contributed by atoms with Gasteiger partial charge >= 0.3 is 19.4 Å². The molecule has 4 aromatic rings. The number of anilines is 2. The Bertz CT molecular complexity index is 2090. The summed E-state index contributed by atoms with van der Waals surface area (Å²) >= 11 is 10.4. The van der Waals surface area contributed by atoms with E-state index in [9.17, 15) is 14.6 Å². The molecule has 0 amide bonds. The lowest BCUT2D eigenvalue weighted by molar-refractivity contribution is -0.183. The smallest absolute Gasteiger partial charge is 0.325 e. The predicted molar refractivity (Wildman–Crippen MR) is 158 cm³/mol. The van der Waals surface area contributed by atoms with Gasteiger partial charge in [-0.05, 0) is 23.6 Å². The minimum Gasteiger partial charge on any atom is -0.382 e. The van der Waals surface area contributed by atoms with Crippen LogP contribution in [0.2, 0.25) is 0 Å². The molecule has 4 bridgehead atoms. The minimum absolute atomic E-state index is 0.109. The second kappa shape index (κ2) is 10.6. The third-order valence-corrected chi connectivity index (χ3v) is 11.2. The Kier molecular flexibility index (Phi) is 7.15. The van der Waals surface area contributed by atoms with Gasteiger partial charge in [-0.2, -0.15) is 4.98 Å². The van der Waals surface area contributed by atoms with Gasteiger partial charge in [-0.25, -0.2) is 28.7 Å². The molecule has 7 N–H and O–H groups in total. The molecule has 4 saturated heterocycles. The molecule has 3 unspecified atom stereocenters. The normalized spacial score (nSPS) is 38.6. The Balaban J connectivity index is 1.16. The minimum atomic E-state index is -4.58. The highest BCUT2D eigenvalue weighted by Gasteiger charge is 2.67. The Labute approximate surface area is 269 Å². The van der Waals surface area contributed by atoms with Crippen molar-refractivity contribution < 1.29 is 50.9 Å². The summed E-state index contributed by atoms with van der Waals surface area (Å²) in [6, 6.07) is 0. The van der Waals surface area contributed by atoms with Crippen LogP contribution in [0.4, 0.5) is 20.5 Å².